The normalized spacial score (nSPS) is 28.3. The van der Waals surface area contributed by atoms with E-state index in [0.29, 0.717) is 6.54 Å². The number of aliphatic carboxylic acids is 1. The van der Waals surface area contributed by atoms with Crippen LogP contribution in [0.15, 0.2) is 0 Å². The fourth-order valence-corrected chi connectivity index (χ4v) is 3.34. The lowest BCUT2D eigenvalue weighted by Gasteiger charge is -2.63. The van der Waals surface area contributed by atoms with Gasteiger partial charge in [0.15, 0.2) is 0 Å². The number of carboxylic acids is 1. The summed E-state index contributed by atoms with van der Waals surface area (Å²) in [5, 5.41) is 26.7. The van der Waals surface area contributed by atoms with E-state index in [-0.39, 0.29) is 6.54 Å². The first-order valence-electron chi connectivity index (χ1n) is 6.80. The molecule has 0 aromatic carbocycles. The van der Waals surface area contributed by atoms with Crippen LogP contribution in [0.25, 0.3) is 0 Å². The van der Waals surface area contributed by atoms with Gasteiger partial charge in [0.25, 0.3) is 0 Å². The second-order valence-electron chi connectivity index (χ2n) is 7.47. The molecule has 1 aliphatic heterocycles. The largest absolute Gasteiger partial charge is 0.547 e. The summed E-state index contributed by atoms with van der Waals surface area (Å²) in [4.78, 5) is 24.4. The minimum absolute atomic E-state index is 0.0696. The van der Waals surface area contributed by atoms with Crippen molar-refractivity contribution in [1.29, 1.82) is 0 Å². The van der Waals surface area contributed by atoms with Crippen LogP contribution in [0.1, 0.15) is 41.5 Å². The smallest absolute Gasteiger partial charge is 0.137 e. The van der Waals surface area contributed by atoms with Crippen LogP contribution < -0.4 is 15.5 Å². The summed E-state index contributed by atoms with van der Waals surface area (Å²) in [5.74, 6) is -1.39. The zero-order valence-corrected chi connectivity index (χ0v) is 13.1. The molecule has 1 N–H and O–H groups in total. The molecule has 6 heteroatoms. The Bertz CT molecular complexity index is 408. The highest BCUT2D eigenvalue weighted by Gasteiger charge is 2.58. The molecule has 0 spiro atoms. The lowest BCUT2D eigenvalue weighted by Crippen LogP contribution is -2.82. The van der Waals surface area contributed by atoms with Gasteiger partial charge in [-0.05, 0) is 10.8 Å². The molecule has 1 aliphatic rings. The molecule has 2 atom stereocenters. The Balaban J connectivity index is 3.60. The molecule has 2 unspecified atom stereocenters. The molecule has 1 saturated heterocycles. The molecule has 116 valence electrons. The van der Waals surface area contributed by atoms with Crippen LogP contribution in [0.5, 0.6) is 0 Å². The second kappa shape index (κ2) is 4.91. The highest BCUT2D eigenvalue weighted by Crippen LogP contribution is 2.45. The summed E-state index contributed by atoms with van der Waals surface area (Å²) in [5.41, 5.74) is -2.99. The average Bonchev–Trinajstić information content (AvgIpc) is 2.24. The lowest BCUT2D eigenvalue weighted by atomic mass is 9.60. The molecule has 0 saturated carbocycles. The van der Waals surface area contributed by atoms with Gasteiger partial charge < -0.3 is 30.0 Å². The van der Waals surface area contributed by atoms with Crippen molar-refractivity contribution < 1.29 is 19.8 Å². The molecular formula is C14H24N2O4-2. The summed E-state index contributed by atoms with van der Waals surface area (Å²) < 4.78 is 0. The molecule has 1 amide bonds. The van der Waals surface area contributed by atoms with E-state index in [0.717, 1.165) is 4.90 Å². The Hall–Kier alpha value is -1.30. The number of carbonyl (C=O) groups excluding carboxylic acids is 2. The third-order valence-electron chi connectivity index (χ3n) is 4.07. The monoisotopic (exact) mass is 284 g/mol. The number of carbonyl (C=O) groups is 2. The second-order valence-corrected chi connectivity index (χ2v) is 7.47. The fourth-order valence-electron chi connectivity index (χ4n) is 3.34. The summed E-state index contributed by atoms with van der Waals surface area (Å²) in [6, 6.07) is -0.577. The van der Waals surface area contributed by atoms with E-state index < -0.39 is 34.5 Å². The van der Waals surface area contributed by atoms with Gasteiger partial charge >= 0.3 is 0 Å². The van der Waals surface area contributed by atoms with Crippen molar-refractivity contribution in [2.75, 3.05) is 13.1 Å². The Kier molecular flexibility index (Phi) is 4.11. The number of rotatable bonds is 1. The number of nitrogens with one attached hydrogen (secondary N) is 1. The first-order valence-corrected chi connectivity index (χ1v) is 6.80. The summed E-state index contributed by atoms with van der Waals surface area (Å²) in [6.07, 6.45) is -1.47. The molecule has 0 aliphatic carbocycles. The molecule has 0 radical (unpaired) electrons. The Morgan fingerprint density at radius 1 is 1.15 bits per heavy atom. The van der Waals surface area contributed by atoms with Gasteiger partial charge in [0.05, 0.1) is 5.97 Å². The van der Waals surface area contributed by atoms with Gasteiger partial charge in [-0.2, -0.15) is 0 Å². The van der Waals surface area contributed by atoms with E-state index in [9.17, 15) is 19.8 Å². The number of nitrogens with zero attached hydrogens (tertiary/aromatic N) is 1. The van der Waals surface area contributed by atoms with Gasteiger partial charge in [0.1, 0.15) is 11.6 Å². The van der Waals surface area contributed by atoms with Crippen LogP contribution in [-0.2, 0) is 4.79 Å². The van der Waals surface area contributed by atoms with Crippen LogP contribution in [-0.4, -0.2) is 41.6 Å². The topological polar surface area (TPSA) is 95.5 Å². The van der Waals surface area contributed by atoms with Crippen molar-refractivity contribution in [2.24, 2.45) is 10.8 Å². The molecule has 20 heavy (non-hydrogen) atoms. The maximum absolute atomic E-state index is 12.0. The van der Waals surface area contributed by atoms with Crippen LogP contribution in [0.2, 0.25) is 0 Å². The average molecular weight is 284 g/mol. The molecule has 1 fully saturated rings. The molecule has 0 aromatic heterocycles. The Morgan fingerprint density at radius 2 is 1.65 bits per heavy atom. The van der Waals surface area contributed by atoms with E-state index >= 15 is 0 Å². The first kappa shape index (κ1) is 16.8. The van der Waals surface area contributed by atoms with E-state index in [2.05, 4.69) is 5.32 Å². The molecule has 1 rings (SSSR count). The SMILES string of the molecule is CC(C)(C)C1NCCN(C(=O)[O-])C1(C(=O)[O-])C(C)(C)C. The third kappa shape index (κ3) is 2.37. The zero-order chi connectivity index (χ0) is 15.9. The number of amides is 1. The summed E-state index contributed by atoms with van der Waals surface area (Å²) >= 11 is 0. The number of hydrogen-bond acceptors (Lipinski definition) is 5. The van der Waals surface area contributed by atoms with E-state index in [1.54, 1.807) is 20.8 Å². The molecule has 0 aromatic rings. The van der Waals surface area contributed by atoms with Crippen molar-refractivity contribution in [3.8, 4) is 0 Å². The van der Waals surface area contributed by atoms with Crippen LogP contribution >= 0.6 is 0 Å². The lowest BCUT2D eigenvalue weighted by molar-refractivity contribution is -0.337. The fraction of sp³-hybridized carbons (Fsp3) is 0.857. The van der Waals surface area contributed by atoms with Gasteiger partial charge in [0.2, 0.25) is 0 Å². The summed E-state index contributed by atoms with van der Waals surface area (Å²) in [6.45, 7) is 11.2. The predicted octanol–water partition coefficient (Wildman–Crippen LogP) is -0.816. The molecular weight excluding hydrogens is 260 g/mol. The number of hydrogen-bond donors (Lipinski definition) is 1. The van der Waals surface area contributed by atoms with Crippen LogP contribution in [0.4, 0.5) is 4.79 Å². The highest BCUT2D eigenvalue weighted by molar-refractivity contribution is 5.84. The van der Waals surface area contributed by atoms with Gasteiger partial charge in [-0.15, -0.1) is 0 Å². The molecule has 6 nitrogen and oxygen atoms in total. The minimum Gasteiger partial charge on any atom is -0.547 e. The van der Waals surface area contributed by atoms with Gasteiger partial charge in [-0.1, -0.05) is 41.5 Å². The zero-order valence-electron chi connectivity index (χ0n) is 13.1. The van der Waals surface area contributed by atoms with E-state index in [4.69, 9.17) is 0 Å². The number of piperazine rings is 1. The maximum atomic E-state index is 12.0. The van der Waals surface area contributed by atoms with Crippen LogP contribution in [0.3, 0.4) is 0 Å². The van der Waals surface area contributed by atoms with Gasteiger partial charge in [-0.3, -0.25) is 0 Å². The van der Waals surface area contributed by atoms with Crippen molar-refractivity contribution in [1.82, 2.24) is 10.2 Å². The highest BCUT2D eigenvalue weighted by atomic mass is 16.4. The quantitative estimate of drug-likeness (QED) is 0.679. The standard InChI is InChI=1S/C14H26N2O4/c1-12(2,3)9-14(10(17)18,13(4,5)6)16(11(19)20)8-7-15-9/h9,15H,7-8H2,1-6H3,(H,17,18)(H,19,20)/p-2. The predicted molar refractivity (Wildman–Crippen MR) is 70.5 cm³/mol. The van der Waals surface area contributed by atoms with E-state index in [1.165, 1.54) is 0 Å². The van der Waals surface area contributed by atoms with Crippen molar-refractivity contribution in [2.45, 2.75) is 53.1 Å². The Morgan fingerprint density at radius 3 is 1.95 bits per heavy atom. The van der Waals surface area contributed by atoms with Crippen molar-refractivity contribution >= 4 is 12.1 Å². The van der Waals surface area contributed by atoms with Crippen molar-refractivity contribution in [3.05, 3.63) is 0 Å². The molecule has 1 heterocycles. The number of carboxylic acid groups (broad SMARTS) is 2. The third-order valence-corrected chi connectivity index (χ3v) is 4.07. The molecule has 0 bridgehead atoms. The summed E-state index contributed by atoms with van der Waals surface area (Å²) in [7, 11) is 0. The van der Waals surface area contributed by atoms with E-state index in [1.807, 2.05) is 20.8 Å². The van der Waals surface area contributed by atoms with Gasteiger partial charge in [0, 0.05) is 19.1 Å². The first-order chi connectivity index (χ1) is 8.86. The maximum Gasteiger partial charge on any atom is 0.137 e. The van der Waals surface area contributed by atoms with Crippen molar-refractivity contribution in [3.63, 3.8) is 0 Å². The van der Waals surface area contributed by atoms with Crippen LogP contribution in [0, 0.1) is 10.8 Å². The van der Waals surface area contributed by atoms with Gasteiger partial charge in [-0.25, -0.2) is 0 Å². The minimum atomic E-state index is -1.68. The Labute approximate surface area is 120 Å².